The van der Waals surface area contributed by atoms with Crippen molar-refractivity contribution in [1.29, 1.82) is 0 Å². The van der Waals surface area contributed by atoms with E-state index in [1.165, 1.54) is 116 Å². The van der Waals surface area contributed by atoms with E-state index in [0.717, 1.165) is 11.4 Å². The van der Waals surface area contributed by atoms with Crippen LogP contribution in [0.15, 0.2) is 228 Å². The van der Waals surface area contributed by atoms with Crippen LogP contribution in [-0.4, -0.2) is 9.13 Å². The molecule has 0 aliphatic carbocycles. The van der Waals surface area contributed by atoms with E-state index in [2.05, 4.69) is 228 Å². The van der Waals surface area contributed by atoms with Gasteiger partial charge in [-0.15, -0.1) is 22.7 Å². The minimum Gasteiger partial charge on any atom is -0.309 e. The van der Waals surface area contributed by atoms with Crippen LogP contribution in [-0.2, 0) is 0 Å². The lowest BCUT2D eigenvalue weighted by molar-refractivity contribution is 1.18. The first kappa shape index (κ1) is 37.0. The van der Waals surface area contributed by atoms with Crippen LogP contribution in [0.3, 0.4) is 0 Å². The highest BCUT2D eigenvalue weighted by Gasteiger charge is 2.17. The van der Waals surface area contributed by atoms with Crippen molar-refractivity contribution in [3.63, 3.8) is 0 Å². The van der Waals surface area contributed by atoms with Gasteiger partial charge in [-0.25, -0.2) is 0 Å². The van der Waals surface area contributed by atoms with Gasteiger partial charge in [0, 0.05) is 83.1 Å². The van der Waals surface area contributed by atoms with Crippen molar-refractivity contribution in [1.82, 2.24) is 9.13 Å². The monoisotopic (exact) mass is 880 g/mol. The van der Waals surface area contributed by atoms with Gasteiger partial charge < -0.3 is 9.13 Å². The molecule has 0 aliphatic heterocycles. The predicted octanol–water partition coefficient (Wildman–Crippen LogP) is 18.1. The number of para-hydroxylation sites is 2. The molecule has 0 atom stereocenters. The van der Waals surface area contributed by atoms with Gasteiger partial charge in [-0.2, -0.15) is 0 Å². The molecule has 0 N–H and O–H groups in total. The number of hydrogen-bond acceptors (Lipinski definition) is 3. The second kappa shape index (κ2) is 14.6. The summed E-state index contributed by atoms with van der Waals surface area (Å²) < 4.78 is 10.2. The quantitative estimate of drug-likeness (QED) is 0.162. The molecule has 0 unspecified atom stereocenters. The fraction of sp³-hybridized carbons (Fsp3) is 0. The largest absolute Gasteiger partial charge is 0.309 e. The summed E-state index contributed by atoms with van der Waals surface area (Å²) in [6.45, 7) is 0. The molecular weight excluding hydrogens is 845 g/mol. The molecule has 4 heterocycles. The van der Waals surface area contributed by atoms with Gasteiger partial charge in [0.2, 0.25) is 0 Å². The Morgan fingerprint density at radius 1 is 0.262 bits per heavy atom. The molecule has 304 valence electrons. The standard InChI is InChI=1S/C60H36N2S3/c1-5-19-53-45(15-1)49-35-43(25-27-55(49)61(53)41-13-9-11-37(31-41)39-23-29-59-51(33-39)47-17-3-7-21-57(47)64-59)63-44-26-28-56-50(36-44)46-16-2-6-20-54(46)62(56)42-14-10-12-38(32-42)40-24-30-60-52(34-40)48-18-4-8-22-58(48)65-60/h1-36H. The third kappa shape index (κ3) is 5.93. The van der Waals surface area contributed by atoms with Crippen LogP contribution >= 0.6 is 34.4 Å². The average Bonchev–Trinajstić information content (AvgIpc) is 4.11. The number of thiophene rings is 2. The van der Waals surface area contributed by atoms with Gasteiger partial charge in [-0.1, -0.05) is 121 Å². The summed E-state index contributed by atoms with van der Waals surface area (Å²) in [5.74, 6) is 0. The van der Waals surface area contributed by atoms with Crippen molar-refractivity contribution in [2.24, 2.45) is 0 Å². The predicted molar refractivity (Wildman–Crippen MR) is 282 cm³/mol. The first-order valence-corrected chi connectivity index (χ1v) is 24.4. The number of hydrogen-bond donors (Lipinski definition) is 0. The normalized spacial score (nSPS) is 12.1. The lowest BCUT2D eigenvalue weighted by atomic mass is 10.0. The Bertz CT molecular complexity index is 3960. The molecule has 65 heavy (non-hydrogen) atoms. The van der Waals surface area contributed by atoms with Gasteiger partial charge >= 0.3 is 0 Å². The van der Waals surface area contributed by atoms with E-state index in [4.69, 9.17) is 0 Å². The minimum absolute atomic E-state index is 1.16. The zero-order chi connectivity index (χ0) is 42.6. The van der Waals surface area contributed by atoms with E-state index < -0.39 is 0 Å². The van der Waals surface area contributed by atoms with Crippen molar-refractivity contribution >= 4 is 118 Å². The van der Waals surface area contributed by atoms with Gasteiger partial charge in [0.25, 0.3) is 0 Å². The summed E-state index contributed by atoms with van der Waals surface area (Å²) >= 11 is 5.56. The number of aromatic nitrogens is 2. The van der Waals surface area contributed by atoms with Crippen molar-refractivity contribution in [3.8, 4) is 33.6 Å². The second-order valence-electron chi connectivity index (χ2n) is 16.9. The van der Waals surface area contributed by atoms with E-state index in [-0.39, 0.29) is 0 Å². The first-order valence-electron chi connectivity index (χ1n) is 22.0. The van der Waals surface area contributed by atoms with Gasteiger partial charge in [-0.05, 0) is 131 Å². The van der Waals surface area contributed by atoms with Crippen LogP contribution < -0.4 is 0 Å². The molecule has 10 aromatic carbocycles. The highest BCUT2D eigenvalue weighted by molar-refractivity contribution is 7.99. The smallest absolute Gasteiger partial charge is 0.0541 e. The molecule has 14 rings (SSSR count). The van der Waals surface area contributed by atoms with Crippen LogP contribution in [0.1, 0.15) is 0 Å². The van der Waals surface area contributed by atoms with E-state index in [1.54, 1.807) is 0 Å². The molecule has 5 heteroatoms. The van der Waals surface area contributed by atoms with Crippen molar-refractivity contribution in [3.05, 3.63) is 218 Å². The topological polar surface area (TPSA) is 9.86 Å². The van der Waals surface area contributed by atoms with Crippen LogP contribution in [0.4, 0.5) is 0 Å². The van der Waals surface area contributed by atoms with E-state index in [1.807, 2.05) is 34.4 Å². The summed E-state index contributed by atoms with van der Waals surface area (Å²) in [5, 5.41) is 10.3. The summed E-state index contributed by atoms with van der Waals surface area (Å²) in [6.07, 6.45) is 0. The third-order valence-electron chi connectivity index (χ3n) is 13.2. The maximum Gasteiger partial charge on any atom is 0.0541 e. The van der Waals surface area contributed by atoms with Crippen molar-refractivity contribution in [2.75, 3.05) is 0 Å². The molecule has 0 aliphatic rings. The fourth-order valence-corrected chi connectivity index (χ4v) is 13.3. The zero-order valence-electron chi connectivity index (χ0n) is 34.9. The Balaban J connectivity index is 0.824. The summed E-state index contributed by atoms with van der Waals surface area (Å²) in [4.78, 5) is 2.44. The second-order valence-corrected chi connectivity index (χ2v) is 20.2. The molecule has 0 spiro atoms. The molecule has 2 nitrogen and oxygen atoms in total. The van der Waals surface area contributed by atoms with Crippen LogP contribution in [0.5, 0.6) is 0 Å². The Morgan fingerprint density at radius 2 is 0.662 bits per heavy atom. The highest BCUT2D eigenvalue weighted by atomic mass is 32.2. The maximum atomic E-state index is 2.43. The Kier molecular flexibility index (Phi) is 8.29. The van der Waals surface area contributed by atoms with Gasteiger partial charge in [0.1, 0.15) is 0 Å². The third-order valence-corrected chi connectivity index (χ3v) is 16.4. The number of fused-ring (bicyclic) bond motifs is 12. The molecule has 14 aromatic rings. The average molecular weight is 881 g/mol. The maximum absolute atomic E-state index is 2.43. The molecule has 0 saturated heterocycles. The van der Waals surface area contributed by atoms with Gasteiger partial charge in [0.15, 0.2) is 0 Å². The van der Waals surface area contributed by atoms with Crippen molar-refractivity contribution in [2.45, 2.75) is 9.79 Å². The first-order chi connectivity index (χ1) is 32.2. The number of nitrogens with zero attached hydrogens (tertiary/aromatic N) is 2. The minimum atomic E-state index is 1.16. The van der Waals surface area contributed by atoms with E-state index >= 15 is 0 Å². The molecular formula is C60H36N2S3. The molecule has 0 bridgehead atoms. The molecule has 4 aromatic heterocycles. The fourth-order valence-electron chi connectivity index (χ4n) is 10.2. The molecule has 0 saturated carbocycles. The van der Waals surface area contributed by atoms with Gasteiger partial charge in [-0.3, -0.25) is 0 Å². The lowest BCUT2D eigenvalue weighted by Crippen LogP contribution is -1.94. The molecule has 0 fully saturated rings. The van der Waals surface area contributed by atoms with Crippen LogP contribution in [0.25, 0.3) is 118 Å². The summed E-state index contributed by atoms with van der Waals surface area (Å²) in [6, 6.07) is 81.0. The lowest BCUT2D eigenvalue weighted by Gasteiger charge is -2.11. The van der Waals surface area contributed by atoms with Crippen LogP contribution in [0.2, 0.25) is 0 Å². The molecule has 0 amide bonds. The van der Waals surface area contributed by atoms with Crippen molar-refractivity contribution < 1.29 is 0 Å². The Hall–Kier alpha value is -7.41. The Morgan fingerprint density at radius 3 is 1.15 bits per heavy atom. The number of rotatable bonds is 6. The Labute approximate surface area is 386 Å². The summed E-state index contributed by atoms with van der Waals surface area (Å²) in [7, 11) is 0. The van der Waals surface area contributed by atoms with E-state index in [9.17, 15) is 0 Å². The van der Waals surface area contributed by atoms with E-state index in [0.29, 0.717) is 0 Å². The molecule has 0 radical (unpaired) electrons. The SMILES string of the molecule is c1cc(-c2ccc3sc4ccccc4c3c2)cc(-n2c3ccccc3c3cc(Sc4ccc5c(c4)c4ccccc4n5-c4cccc(-c5ccc6sc7ccccc7c6c5)c4)ccc32)c1. The number of benzene rings is 10. The summed E-state index contributed by atoms with van der Waals surface area (Å²) in [5.41, 5.74) is 12.0. The van der Waals surface area contributed by atoms with Gasteiger partial charge in [0.05, 0.1) is 22.1 Å². The highest BCUT2D eigenvalue weighted by Crippen LogP contribution is 2.42. The van der Waals surface area contributed by atoms with Crippen LogP contribution in [0, 0.1) is 0 Å². The zero-order valence-corrected chi connectivity index (χ0v) is 37.4.